The van der Waals surface area contributed by atoms with Crippen molar-refractivity contribution < 1.29 is 14.3 Å². The number of benzene rings is 1. The van der Waals surface area contributed by atoms with Crippen LogP contribution in [0.1, 0.15) is 28.4 Å². The number of hydrogen-bond donors (Lipinski definition) is 1. The number of imidazole rings is 1. The van der Waals surface area contributed by atoms with Gasteiger partial charge >= 0.3 is 6.09 Å². The Morgan fingerprint density at radius 3 is 2.89 bits per heavy atom. The van der Waals surface area contributed by atoms with Crippen molar-refractivity contribution in [1.82, 2.24) is 19.4 Å². The highest BCUT2D eigenvalue weighted by atomic mass is 16.6. The number of amides is 1. The summed E-state index contributed by atoms with van der Waals surface area (Å²) in [6, 6.07) is 7.30. The molecule has 3 aromatic rings. The summed E-state index contributed by atoms with van der Waals surface area (Å²) in [5.41, 5.74) is 9.52. The maximum atomic E-state index is 13.2. The van der Waals surface area contributed by atoms with Crippen molar-refractivity contribution in [3.63, 3.8) is 0 Å². The third-order valence-corrected chi connectivity index (χ3v) is 4.69. The molecule has 3 heterocycles. The van der Waals surface area contributed by atoms with Crippen molar-refractivity contribution in [1.29, 1.82) is 0 Å². The number of ether oxygens (including phenoxy) is 1. The molecule has 0 atom stereocenters. The number of pyridine rings is 1. The van der Waals surface area contributed by atoms with E-state index in [2.05, 4.69) is 9.97 Å². The van der Waals surface area contributed by atoms with Gasteiger partial charge in [0.25, 0.3) is 5.91 Å². The molecular formula is C19H19N5O3. The van der Waals surface area contributed by atoms with Gasteiger partial charge in [-0.05, 0) is 36.6 Å². The summed E-state index contributed by atoms with van der Waals surface area (Å²) < 4.78 is 6.47. The Morgan fingerprint density at radius 1 is 1.26 bits per heavy atom. The third kappa shape index (κ3) is 2.88. The minimum atomic E-state index is -0.357. The molecule has 8 heteroatoms. The van der Waals surface area contributed by atoms with Crippen molar-refractivity contribution in [2.24, 2.45) is 0 Å². The van der Waals surface area contributed by atoms with E-state index in [1.54, 1.807) is 24.2 Å². The second-order valence-corrected chi connectivity index (χ2v) is 6.29. The molecular weight excluding hydrogens is 346 g/mol. The average molecular weight is 365 g/mol. The number of fused-ring (bicyclic) bond motifs is 2. The number of carbonyl (C=O) groups is 2. The van der Waals surface area contributed by atoms with Gasteiger partial charge in [-0.25, -0.2) is 14.3 Å². The van der Waals surface area contributed by atoms with Crippen molar-refractivity contribution in [2.45, 2.75) is 19.9 Å². The summed E-state index contributed by atoms with van der Waals surface area (Å²) >= 11 is 0. The Labute approximate surface area is 155 Å². The van der Waals surface area contributed by atoms with E-state index in [1.807, 2.05) is 24.3 Å². The molecule has 0 spiro atoms. The number of rotatable bonds is 2. The Morgan fingerprint density at radius 2 is 2.07 bits per heavy atom. The number of nitrogens with two attached hydrogens (primary N) is 1. The van der Waals surface area contributed by atoms with E-state index in [0.29, 0.717) is 42.7 Å². The highest BCUT2D eigenvalue weighted by molar-refractivity contribution is 6.04. The van der Waals surface area contributed by atoms with E-state index in [9.17, 15) is 9.59 Å². The number of para-hydroxylation sites is 2. The van der Waals surface area contributed by atoms with Crippen molar-refractivity contribution in [3.05, 3.63) is 53.3 Å². The van der Waals surface area contributed by atoms with E-state index < -0.39 is 0 Å². The number of hydrogen-bond acceptors (Lipinski definition) is 6. The van der Waals surface area contributed by atoms with Gasteiger partial charge in [0.05, 0.1) is 29.7 Å². The standard InChI is InChI=1S/C19H19N5O3/c1-2-27-19(26)23-8-7-13-12(11-23)9-21-10-14(13)17(25)24-16-6-4-3-5-15(16)22-18(24)20/h3-6,9-10H,2,7-8,11H2,1H3,(H2,20,22). The SMILES string of the molecule is CCOC(=O)N1CCc2c(cncc2C(=O)n2c(N)nc3ccccc32)C1. The van der Waals surface area contributed by atoms with E-state index >= 15 is 0 Å². The molecule has 2 N–H and O–H groups in total. The van der Waals surface area contributed by atoms with Gasteiger partial charge in [-0.2, -0.15) is 0 Å². The van der Waals surface area contributed by atoms with Crippen LogP contribution in [0.25, 0.3) is 11.0 Å². The Hall–Kier alpha value is -3.42. The van der Waals surface area contributed by atoms with Crippen LogP contribution < -0.4 is 5.73 Å². The summed E-state index contributed by atoms with van der Waals surface area (Å²) in [5.74, 6) is -0.127. The van der Waals surface area contributed by atoms with Crippen LogP contribution in [-0.2, 0) is 17.7 Å². The lowest BCUT2D eigenvalue weighted by Crippen LogP contribution is -2.37. The van der Waals surface area contributed by atoms with E-state index in [4.69, 9.17) is 10.5 Å². The second-order valence-electron chi connectivity index (χ2n) is 6.29. The molecule has 1 amide bonds. The number of nitrogen functional groups attached to an aromatic ring is 1. The molecule has 4 rings (SSSR count). The molecule has 27 heavy (non-hydrogen) atoms. The van der Waals surface area contributed by atoms with Gasteiger partial charge in [0.1, 0.15) is 0 Å². The van der Waals surface area contributed by atoms with E-state index in [1.165, 1.54) is 4.57 Å². The van der Waals surface area contributed by atoms with Crippen molar-refractivity contribution >= 4 is 29.0 Å². The van der Waals surface area contributed by atoms with Crippen LogP contribution in [0, 0.1) is 0 Å². The quantitative estimate of drug-likeness (QED) is 0.747. The predicted molar refractivity (Wildman–Crippen MR) is 99.2 cm³/mol. The van der Waals surface area contributed by atoms with Crippen molar-refractivity contribution in [2.75, 3.05) is 18.9 Å². The van der Waals surface area contributed by atoms with Gasteiger partial charge in [-0.3, -0.25) is 9.78 Å². The zero-order valence-corrected chi connectivity index (χ0v) is 14.9. The first-order valence-corrected chi connectivity index (χ1v) is 8.75. The number of anilines is 1. The maximum absolute atomic E-state index is 13.2. The molecule has 0 saturated carbocycles. The van der Waals surface area contributed by atoms with E-state index in [-0.39, 0.29) is 17.9 Å². The maximum Gasteiger partial charge on any atom is 0.410 e. The lowest BCUT2D eigenvalue weighted by Gasteiger charge is -2.28. The lowest BCUT2D eigenvalue weighted by molar-refractivity contribution is 0.0962. The van der Waals surface area contributed by atoms with Gasteiger partial charge in [0, 0.05) is 18.9 Å². The average Bonchev–Trinajstić information content (AvgIpc) is 3.02. The van der Waals surface area contributed by atoms with Gasteiger partial charge in [-0.1, -0.05) is 12.1 Å². The summed E-state index contributed by atoms with van der Waals surface area (Å²) in [7, 11) is 0. The second kappa shape index (κ2) is 6.71. The number of carbonyl (C=O) groups excluding carboxylic acids is 2. The first-order chi connectivity index (χ1) is 13.1. The fraction of sp³-hybridized carbons (Fsp3) is 0.263. The first kappa shape index (κ1) is 17.0. The Balaban J connectivity index is 1.72. The predicted octanol–water partition coefficient (Wildman–Crippen LogP) is 2.22. The molecule has 2 aromatic heterocycles. The van der Waals surface area contributed by atoms with Gasteiger partial charge in [0.15, 0.2) is 0 Å². The molecule has 1 aromatic carbocycles. The molecule has 0 unspecified atom stereocenters. The summed E-state index contributed by atoms with van der Waals surface area (Å²) in [5, 5.41) is 0. The van der Waals surface area contributed by atoms with Crippen LogP contribution in [0.4, 0.5) is 10.7 Å². The fourth-order valence-corrected chi connectivity index (χ4v) is 3.43. The van der Waals surface area contributed by atoms with Crippen LogP contribution in [0.15, 0.2) is 36.7 Å². The summed E-state index contributed by atoms with van der Waals surface area (Å²) in [6.45, 7) is 2.94. The molecule has 8 nitrogen and oxygen atoms in total. The summed E-state index contributed by atoms with van der Waals surface area (Å²) in [6.07, 6.45) is 3.43. The van der Waals surface area contributed by atoms with Gasteiger partial charge in [0.2, 0.25) is 5.95 Å². The summed E-state index contributed by atoms with van der Waals surface area (Å²) in [4.78, 5) is 35.3. The van der Waals surface area contributed by atoms with Crippen LogP contribution in [-0.4, -0.2) is 44.6 Å². The lowest BCUT2D eigenvalue weighted by atomic mass is 9.97. The first-order valence-electron chi connectivity index (χ1n) is 8.75. The molecule has 1 aliphatic heterocycles. The molecule has 1 aliphatic rings. The molecule has 138 valence electrons. The molecule has 0 radical (unpaired) electrons. The van der Waals surface area contributed by atoms with Gasteiger partial charge < -0.3 is 15.4 Å². The van der Waals surface area contributed by atoms with E-state index in [0.717, 1.165) is 11.1 Å². The molecule has 0 aliphatic carbocycles. The molecule has 0 bridgehead atoms. The van der Waals surface area contributed by atoms with Gasteiger partial charge in [-0.15, -0.1) is 0 Å². The monoisotopic (exact) mass is 365 g/mol. The Kier molecular flexibility index (Phi) is 4.23. The highest BCUT2D eigenvalue weighted by Gasteiger charge is 2.27. The Bertz CT molecular complexity index is 1040. The van der Waals surface area contributed by atoms with Crippen LogP contribution in [0.3, 0.4) is 0 Å². The normalized spacial score (nSPS) is 13.4. The van der Waals surface area contributed by atoms with Crippen LogP contribution in [0.2, 0.25) is 0 Å². The molecule has 0 saturated heterocycles. The third-order valence-electron chi connectivity index (χ3n) is 4.69. The topological polar surface area (TPSA) is 103 Å². The smallest absolute Gasteiger partial charge is 0.410 e. The zero-order valence-electron chi connectivity index (χ0n) is 14.9. The minimum Gasteiger partial charge on any atom is -0.450 e. The zero-order chi connectivity index (χ0) is 19.0. The van der Waals surface area contributed by atoms with Crippen molar-refractivity contribution in [3.8, 4) is 0 Å². The highest BCUT2D eigenvalue weighted by Crippen LogP contribution is 2.25. The largest absolute Gasteiger partial charge is 0.450 e. The van der Waals surface area contributed by atoms with Crippen LogP contribution >= 0.6 is 0 Å². The van der Waals surface area contributed by atoms with Crippen LogP contribution in [0.5, 0.6) is 0 Å². The minimum absolute atomic E-state index is 0.141. The number of aromatic nitrogens is 3. The number of nitrogens with zero attached hydrogens (tertiary/aromatic N) is 4. The molecule has 0 fully saturated rings. The fourth-order valence-electron chi connectivity index (χ4n) is 3.43.